The zero-order chi connectivity index (χ0) is 15.4. The van der Waals surface area contributed by atoms with E-state index in [4.69, 9.17) is 4.74 Å². The summed E-state index contributed by atoms with van der Waals surface area (Å²) in [7, 11) is 0. The number of ether oxygens (including phenoxy) is 1. The van der Waals surface area contributed by atoms with Crippen LogP contribution in [0, 0.1) is 0 Å². The molecule has 0 aliphatic rings. The fraction of sp³-hybridized carbons (Fsp3) is 0.125. The molecule has 22 heavy (non-hydrogen) atoms. The zero-order valence-corrected chi connectivity index (χ0v) is 12.0. The molecular formula is C16H14N4O2. The lowest BCUT2D eigenvalue weighted by atomic mass is 10.1. The highest BCUT2D eigenvalue weighted by atomic mass is 16.5. The van der Waals surface area contributed by atoms with Crippen molar-refractivity contribution in [2.24, 2.45) is 0 Å². The number of hydrogen-bond donors (Lipinski definition) is 1. The van der Waals surface area contributed by atoms with E-state index in [0.717, 1.165) is 16.8 Å². The van der Waals surface area contributed by atoms with Crippen molar-refractivity contribution in [3.05, 3.63) is 54.4 Å². The molecule has 0 bridgehead atoms. The molecule has 2 aromatic heterocycles. The zero-order valence-electron chi connectivity index (χ0n) is 12.0. The molecule has 2 heterocycles. The summed E-state index contributed by atoms with van der Waals surface area (Å²) in [5.41, 5.74) is 3.33. The third-order valence-electron chi connectivity index (χ3n) is 3.14. The highest BCUT2D eigenvalue weighted by molar-refractivity contribution is 5.94. The van der Waals surface area contributed by atoms with Crippen LogP contribution in [0.25, 0.3) is 22.5 Å². The van der Waals surface area contributed by atoms with Gasteiger partial charge in [-0.15, -0.1) is 5.10 Å². The van der Waals surface area contributed by atoms with Crippen molar-refractivity contribution in [3.8, 4) is 22.5 Å². The Morgan fingerprint density at radius 2 is 1.86 bits per heavy atom. The number of nitrogens with one attached hydrogen (secondary N) is 1. The molecule has 3 rings (SSSR count). The Hall–Kier alpha value is -3.02. The molecule has 3 aromatic rings. The minimum absolute atomic E-state index is 0.187. The maximum atomic E-state index is 11.8. The number of benzene rings is 1. The van der Waals surface area contributed by atoms with Gasteiger partial charge in [0.25, 0.3) is 0 Å². The summed E-state index contributed by atoms with van der Waals surface area (Å²) in [6, 6.07) is 13.4. The molecule has 0 fully saturated rings. The lowest BCUT2D eigenvalue weighted by Gasteiger charge is -2.03. The van der Waals surface area contributed by atoms with Crippen LogP contribution >= 0.6 is 0 Å². The lowest BCUT2D eigenvalue weighted by Crippen LogP contribution is -2.06. The Balaban J connectivity index is 1.91. The Morgan fingerprint density at radius 1 is 1.09 bits per heavy atom. The summed E-state index contributed by atoms with van der Waals surface area (Å²) in [5.74, 6) is -0.486. The lowest BCUT2D eigenvalue weighted by molar-refractivity contribution is 0.0520. The predicted molar refractivity (Wildman–Crippen MR) is 81.0 cm³/mol. The molecule has 0 atom stereocenters. The van der Waals surface area contributed by atoms with E-state index in [1.165, 1.54) is 0 Å². The van der Waals surface area contributed by atoms with Gasteiger partial charge in [0.05, 0.1) is 12.3 Å². The van der Waals surface area contributed by atoms with Gasteiger partial charge in [0.1, 0.15) is 5.69 Å². The van der Waals surface area contributed by atoms with E-state index in [0.29, 0.717) is 12.3 Å². The third-order valence-corrected chi connectivity index (χ3v) is 3.14. The molecule has 0 aliphatic heterocycles. The van der Waals surface area contributed by atoms with Crippen molar-refractivity contribution in [2.75, 3.05) is 6.61 Å². The van der Waals surface area contributed by atoms with Gasteiger partial charge in [-0.1, -0.05) is 30.3 Å². The molecule has 1 N–H and O–H groups in total. The van der Waals surface area contributed by atoms with Crippen molar-refractivity contribution < 1.29 is 9.53 Å². The van der Waals surface area contributed by atoms with E-state index in [9.17, 15) is 4.79 Å². The predicted octanol–water partition coefficient (Wildman–Crippen LogP) is 2.71. The maximum Gasteiger partial charge on any atom is 0.361 e. The number of aromatic nitrogens is 4. The molecule has 0 amide bonds. The van der Waals surface area contributed by atoms with Gasteiger partial charge in [0.15, 0.2) is 5.69 Å². The molecule has 6 nitrogen and oxygen atoms in total. The van der Waals surface area contributed by atoms with Crippen LogP contribution in [-0.4, -0.2) is 33.0 Å². The van der Waals surface area contributed by atoms with Crippen LogP contribution < -0.4 is 0 Å². The number of aromatic amines is 1. The molecule has 0 unspecified atom stereocenters. The number of rotatable bonds is 4. The van der Waals surface area contributed by atoms with Crippen LogP contribution in [0.1, 0.15) is 17.4 Å². The molecule has 0 aliphatic carbocycles. The first-order valence-electron chi connectivity index (χ1n) is 6.89. The third kappa shape index (κ3) is 2.71. The topological polar surface area (TPSA) is 80.8 Å². The van der Waals surface area contributed by atoms with Crippen molar-refractivity contribution in [2.45, 2.75) is 6.92 Å². The molecule has 0 saturated heterocycles. The monoisotopic (exact) mass is 294 g/mol. The van der Waals surface area contributed by atoms with Gasteiger partial charge in [-0.25, -0.2) is 4.79 Å². The summed E-state index contributed by atoms with van der Waals surface area (Å²) in [5, 5.41) is 10.4. The van der Waals surface area contributed by atoms with E-state index in [-0.39, 0.29) is 5.69 Å². The minimum Gasteiger partial charge on any atom is -0.461 e. The number of carbonyl (C=O) groups is 1. The van der Waals surface area contributed by atoms with E-state index in [2.05, 4.69) is 20.4 Å². The van der Waals surface area contributed by atoms with Crippen molar-refractivity contribution in [1.82, 2.24) is 20.4 Å². The maximum absolute atomic E-state index is 11.8. The Morgan fingerprint density at radius 3 is 2.55 bits per heavy atom. The standard InChI is InChI=1S/C16H14N4O2/c1-2-22-16(21)15-14(18-20-19-15)12-8-6-11(7-9-12)13-5-3-4-10-17-13/h3-10H,2H2,1H3,(H,18,19,20). The highest BCUT2D eigenvalue weighted by Gasteiger charge is 2.18. The van der Waals surface area contributed by atoms with Gasteiger partial charge >= 0.3 is 5.97 Å². The smallest absolute Gasteiger partial charge is 0.361 e. The number of carbonyl (C=O) groups excluding carboxylic acids is 1. The van der Waals surface area contributed by atoms with E-state index in [1.807, 2.05) is 42.5 Å². The summed E-state index contributed by atoms with van der Waals surface area (Å²) < 4.78 is 4.97. The van der Waals surface area contributed by atoms with Crippen LogP contribution in [0.3, 0.4) is 0 Å². The fourth-order valence-corrected chi connectivity index (χ4v) is 2.11. The second kappa shape index (κ2) is 6.17. The Bertz CT molecular complexity index is 766. The summed E-state index contributed by atoms with van der Waals surface area (Å²) in [6.45, 7) is 2.04. The quantitative estimate of drug-likeness (QED) is 0.748. The number of esters is 1. The summed E-state index contributed by atoms with van der Waals surface area (Å²) in [4.78, 5) is 16.1. The van der Waals surface area contributed by atoms with Crippen LogP contribution in [0.5, 0.6) is 0 Å². The average molecular weight is 294 g/mol. The van der Waals surface area contributed by atoms with Crippen molar-refractivity contribution >= 4 is 5.97 Å². The van der Waals surface area contributed by atoms with Gasteiger partial charge < -0.3 is 4.74 Å². The second-order valence-corrected chi connectivity index (χ2v) is 4.53. The number of hydrogen-bond acceptors (Lipinski definition) is 5. The highest BCUT2D eigenvalue weighted by Crippen LogP contribution is 2.24. The number of H-pyrrole nitrogens is 1. The first-order valence-corrected chi connectivity index (χ1v) is 6.89. The average Bonchev–Trinajstić information content (AvgIpc) is 3.06. The van der Waals surface area contributed by atoms with Gasteiger partial charge in [-0.05, 0) is 19.1 Å². The van der Waals surface area contributed by atoms with Crippen LogP contribution in [0.2, 0.25) is 0 Å². The Labute approximate surface area is 127 Å². The molecule has 6 heteroatoms. The first kappa shape index (κ1) is 13.9. The molecule has 0 saturated carbocycles. The van der Waals surface area contributed by atoms with Gasteiger partial charge in [0, 0.05) is 17.3 Å². The van der Waals surface area contributed by atoms with Crippen LogP contribution in [0.4, 0.5) is 0 Å². The second-order valence-electron chi connectivity index (χ2n) is 4.53. The first-order chi connectivity index (χ1) is 10.8. The largest absolute Gasteiger partial charge is 0.461 e. The van der Waals surface area contributed by atoms with Gasteiger partial charge in [-0.3, -0.25) is 4.98 Å². The molecule has 0 spiro atoms. The van der Waals surface area contributed by atoms with E-state index < -0.39 is 5.97 Å². The fourth-order valence-electron chi connectivity index (χ4n) is 2.11. The normalized spacial score (nSPS) is 10.4. The van der Waals surface area contributed by atoms with E-state index >= 15 is 0 Å². The van der Waals surface area contributed by atoms with Crippen LogP contribution in [0.15, 0.2) is 48.7 Å². The van der Waals surface area contributed by atoms with Crippen molar-refractivity contribution in [3.63, 3.8) is 0 Å². The van der Waals surface area contributed by atoms with Gasteiger partial charge in [0.2, 0.25) is 0 Å². The number of pyridine rings is 1. The Kier molecular flexibility index (Phi) is 3.91. The summed E-state index contributed by atoms with van der Waals surface area (Å²) >= 11 is 0. The SMILES string of the molecule is CCOC(=O)c1n[nH]nc1-c1ccc(-c2ccccn2)cc1. The summed E-state index contributed by atoms with van der Waals surface area (Å²) in [6.07, 6.45) is 1.75. The molecule has 110 valence electrons. The molecular weight excluding hydrogens is 280 g/mol. The molecule has 1 aromatic carbocycles. The minimum atomic E-state index is -0.486. The van der Waals surface area contributed by atoms with E-state index in [1.54, 1.807) is 13.1 Å². The van der Waals surface area contributed by atoms with Crippen LogP contribution in [-0.2, 0) is 4.74 Å². The van der Waals surface area contributed by atoms with Crippen molar-refractivity contribution in [1.29, 1.82) is 0 Å². The number of nitrogens with zero attached hydrogens (tertiary/aromatic N) is 3. The van der Waals surface area contributed by atoms with Gasteiger partial charge in [-0.2, -0.15) is 10.3 Å². The molecule has 0 radical (unpaired) electrons.